The lowest BCUT2D eigenvalue weighted by atomic mass is 10.1. The van der Waals surface area contributed by atoms with Crippen LogP contribution in [-0.4, -0.2) is 29.8 Å². The lowest BCUT2D eigenvalue weighted by Crippen LogP contribution is -2.42. The maximum atomic E-state index is 12.0. The van der Waals surface area contributed by atoms with E-state index in [1.54, 1.807) is 11.0 Å². The Labute approximate surface area is 121 Å². The van der Waals surface area contributed by atoms with E-state index in [4.69, 9.17) is 0 Å². The molecule has 0 spiro atoms. The first-order chi connectivity index (χ1) is 9.08. The van der Waals surface area contributed by atoms with Gasteiger partial charge in [0.25, 0.3) is 0 Å². The largest absolute Gasteiger partial charge is 0.334 e. The fourth-order valence-corrected chi connectivity index (χ4v) is 2.66. The van der Waals surface area contributed by atoms with Crippen LogP contribution in [0.25, 0.3) is 0 Å². The molecule has 1 fully saturated rings. The van der Waals surface area contributed by atoms with E-state index in [1.165, 1.54) is 0 Å². The van der Waals surface area contributed by atoms with Gasteiger partial charge in [-0.1, -0.05) is 15.9 Å². The van der Waals surface area contributed by atoms with Gasteiger partial charge in [0, 0.05) is 23.2 Å². The predicted molar refractivity (Wildman–Crippen MR) is 77.9 cm³/mol. The Morgan fingerprint density at radius 3 is 2.53 bits per heavy atom. The van der Waals surface area contributed by atoms with Gasteiger partial charge in [-0.15, -0.1) is 0 Å². The number of hydrogen-bond donors (Lipinski definition) is 1. The van der Waals surface area contributed by atoms with Gasteiger partial charge in [-0.3, -0.25) is 9.59 Å². The maximum absolute atomic E-state index is 12.0. The van der Waals surface area contributed by atoms with E-state index in [0.29, 0.717) is 18.8 Å². The van der Waals surface area contributed by atoms with Crippen LogP contribution in [-0.2, 0) is 9.59 Å². The number of hydrogen-bond acceptors (Lipinski definition) is 2. The summed E-state index contributed by atoms with van der Waals surface area (Å²) in [7, 11) is 0. The quantitative estimate of drug-likeness (QED) is 0.807. The molecule has 1 aromatic rings. The van der Waals surface area contributed by atoms with Gasteiger partial charge in [0.2, 0.25) is 0 Å². The van der Waals surface area contributed by atoms with Crippen molar-refractivity contribution < 1.29 is 9.59 Å². The number of likely N-dealkylation sites (tertiary alicyclic amines) is 1. The van der Waals surface area contributed by atoms with Crippen LogP contribution in [0.4, 0.5) is 5.69 Å². The lowest BCUT2D eigenvalue weighted by molar-refractivity contribution is -0.143. The fourth-order valence-electron chi connectivity index (χ4n) is 2.18. The van der Waals surface area contributed by atoms with E-state index in [9.17, 15) is 9.59 Å². The molecular weight excluding hydrogens is 308 g/mol. The third-order valence-electron chi connectivity index (χ3n) is 3.27. The number of amides is 2. The van der Waals surface area contributed by atoms with Gasteiger partial charge < -0.3 is 10.2 Å². The van der Waals surface area contributed by atoms with Crippen LogP contribution in [0, 0.1) is 6.92 Å². The molecule has 1 aliphatic rings. The van der Waals surface area contributed by atoms with Crippen molar-refractivity contribution in [1.82, 2.24) is 4.90 Å². The highest BCUT2D eigenvalue weighted by molar-refractivity contribution is 9.10. The average Bonchev–Trinajstić information content (AvgIpc) is 2.42. The van der Waals surface area contributed by atoms with Crippen LogP contribution in [0.3, 0.4) is 0 Å². The van der Waals surface area contributed by atoms with Crippen molar-refractivity contribution in [1.29, 1.82) is 0 Å². The van der Waals surface area contributed by atoms with Gasteiger partial charge in [-0.05, 0) is 49.9 Å². The van der Waals surface area contributed by atoms with Gasteiger partial charge >= 0.3 is 11.8 Å². The third kappa shape index (κ3) is 3.56. The average molecular weight is 325 g/mol. The van der Waals surface area contributed by atoms with E-state index < -0.39 is 11.8 Å². The van der Waals surface area contributed by atoms with Crippen LogP contribution in [0.5, 0.6) is 0 Å². The molecule has 0 unspecified atom stereocenters. The van der Waals surface area contributed by atoms with E-state index in [-0.39, 0.29) is 0 Å². The summed E-state index contributed by atoms with van der Waals surface area (Å²) in [6.45, 7) is 3.27. The highest BCUT2D eigenvalue weighted by Gasteiger charge is 2.23. The molecule has 0 saturated carbocycles. The van der Waals surface area contributed by atoms with Crippen LogP contribution in [0.1, 0.15) is 24.8 Å². The Hall–Kier alpha value is -1.36. The van der Waals surface area contributed by atoms with Crippen LogP contribution < -0.4 is 5.32 Å². The molecule has 1 aromatic carbocycles. The Balaban J connectivity index is 2.01. The minimum Gasteiger partial charge on any atom is -0.334 e. The highest BCUT2D eigenvalue weighted by atomic mass is 79.9. The number of aryl methyl sites for hydroxylation is 1. The number of benzene rings is 1. The van der Waals surface area contributed by atoms with Crippen LogP contribution in [0.15, 0.2) is 22.7 Å². The summed E-state index contributed by atoms with van der Waals surface area (Å²) in [5, 5.41) is 2.68. The van der Waals surface area contributed by atoms with Crippen molar-refractivity contribution in [2.45, 2.75) is 26.2 Å². The normalized spacial score (nSPS) is 15.2. The monoisotopic (exact) mass is 324 g/mol. The van der Waals surface area contributed by atoms with Crippen molar-refractivity contribution in [3.05, 3.63) is 28.2 Å². The van der Waals surface area contributed by atoms with Crippen molar-refractivity contribution in [3.8, 4) is 0 Å². The highest BCUT2D eigenvalue weighted by Crippen LogP contribution is 2.20. The SMILES string of the molecule is Cc1cc(Br)ccc1NC(=O)C(=O)N1CCCCC1. The lowest BCUT2D eigenvalue weighted by Gasteiger charge is -2.26. The van der Waals surface area contributed by atoms with Crippen molar-refractivity contribution in [2.24, 2.45) is 0 Å². The van der Waals surface area contributed by atoms with Gasteiger partial charge in [0.15, 0.2) is 0 Å². The van der Waals surface area contributed by atoms with Gasteiger partial charge in [0.05, 0.1) is 0 Å². The van der Waals surface area contributed by atoms with Crippen LogP contribution >= 0.6 is 15.9 Å². The molecule has 0 aromatic heterocycles. The standard InChI is InChI=1S/C14H17BrN2O2/c1-10-9-11(15)5-6-12(10)16-13(18)14(19)17-7-3-2-4-8-17/h5-6,9H,2-4,7-8H2,1H3,(H,16,18). The summed E-state index contributed by atoms with van der Waals surface area (Å²) in [6.07, 6.45) is 3.10. The van der Waals surface area contributed by atoms with E-state index >= 15 is 0 Å². The maximum Gasteiger partial charge on any atom is 0.313 e. The molecule has 0 aliphatic carbocycles. The van der Waals surface area contributed by atoms with E-state index in [1.807, 2.05) is 19.1 Å². The zero-order chi connectivity index (χ0) is 13.8. The minimum atomic E-state index is -0.549. The first kappa shape index (κ1) is 14.1. The number of nitrogens with one attached hydrogen (secondary N) is 1. The van der Waals surface area contributed by atoms with Gasteiger partial charge in [-0.25, -0.2) is 0 Å². The predicted octanol–water partition coefficient (Wildman–Crippen LogP) is 2.71. The Bertz CT molecular complexity index is 496. The second kappa shape index (κ2) is 6.19. The number of piperidine rings is 1. The fraction of sp³-hybridized carbons (Fsp3) is 0.429. The Kier molecular flexibility index (Phi) is 4.58. The number of carbonyl (C=O) groups is 2. The first-order valence-corrected chi connectivity index (χ1v) is 7.23. The Morgan fingerprint density at radius 1 is 1.21 bits per heavy atom. The van der Waals surface area contributed by atoms with Crippen LogP contribution in [0.2, 0.25) is 0 Å². The number of nitrogens with zero attached hydrogens (tertiary/aromatic N) is 1. The Morgan fingerprint density at radius 2 is 1.89 bits per heavy atom. The summed E-state index contributed by atoms with van der Waals surface area (Å²) in [5.74, 6) is -0.977. The van der Waals surface area contributed by atoms with Crippen molar-refractivity contribution >= 4 is 33.4 Å². The van der Waals surface area contributed by atoms with Gasteiger partial charge in [0.1, 0.15) is 0 Å². The summed E-state index contributed by atoms with van der Waals surface area (Å²) >= 11 is 3.37. The molecule has 19 heavy (non-hydrogen) atoms. The van der Waals surface area contributed by atoms with E-state index in [2.05, 4.69) is 21.2 Å². The molecule has 0 bridgehead atoms. The molecule has 102 valence electrons. The van der Waals surface area contributed by atoms with Gasteiger partial charge in [-0.2, -0.15) is 0 Å². The summed E-state index contributed by atoms with van der Waals surface area (Å²) < 4.78 is 0.949. The molecule has 1 N–H and O–H groups in total. The second-order valence-corrected chi connectivity index (χ2v) is 5.68. The van der Waals surface area contributed by atoms with Crippen molar-refractivity contribution in [3.63, 3.8) is 0 Å². The number of carbonyl (C=O) groups excluding carboxylic acids is 2. The molecule has 2 amide bonds. The molecule has 2 rings (SSSR count). The zero-order valence-corrected chi connectivity index (χ0v) is 12.5. The minimum absolute atomic E-state index is 0.429. The first-order valence-electron chi connectivity index (χ1n) is 6.44. The molecule has 5 heteroatoms. The number of anilines is 1. The van der Waals surface area contributed by atoms with Crippen molar-refractivity contribution in [2.75, 3.05) is 18.4 Å². The molecule has 1 aliphatic heterocycles. The topological polar surface area (TPSA) is 49.4 Å². The molecule has 4 nitrogen and oxygen atoms in total. The number of rotatable bonds is 1. The zero-order valence-electron chi connectivity index (χ0n) is 10.9. The molecular formula is C14H17BrN2O2. The molecule has 1 heterocycles. The number of halogens is 1. The molecule has 0 atom stereocenters. The second-order valence-electron chi connectivity index (χ2n) is 4.77. The molecule has 1 saturated heterocycles. The summed E-state index contributed by atoms with van der Waals surface area (Å²) in [5.41, 5.74) is 1.60. The smallest absolute Gasteiger partial charge is 0.313 e. The summed E-state index contributed by atoms with van der Waals surface area (Å²) in [6, 6.07) is 5.54. The third-order valence-corrected chi connectivity index (χ3v) is 3.77. The summed E-state index contributed by atoms with van der Waals surface area (Å²) in [4.78, 5) is 25.6. The molecule has 0 radical (unpaired) electrons. The van der Waals surface area contributed by atoms with E-state index in [0.717, 1.165) is 29.3 Å².